The molecule has 1 N–H and O–H groups in total. The standard InChI is InChI=1S/C18H23N5O2/c1-13(16(24)21-9-5-2-6-10-21)19-18(25)23-12-11-22-15-8-4-3-7-14(15)20-17(22)23/h3-4,7-8,13H,2,5-6,9-12H2,1H3,(H,19,25)/t13-/m0/s1. The highest BCUT2D eigenvalue weighted by molar-refractivity contribution is 5.96. The summed E-state index contributed by atoms with van der Waals surface area (Å²) in [6, 6.07) is 7.08. The number of likely N-dealkylation sites (tertiary alicyclic amines) is 1. The van der Waals surface area contributed by atoms with Crippen LogP contribution < -0.4 is 10.2 Å². The number of nitrogens with one attached hydrogen (secondary N) is 1. The van der Waals surface area contributed by atoms with Crippen LogP contribution in [-0.4, -0.2) is 52.1 Å². The van der Waals surface area contributed by atoms with E-state index in [1.165, 1.54) is 6.42 Å². The lowest BCUT2D eigenvalue weighted by atomic mass is 10.1. The van der Waals surface area contributed by atoms with E-state index in [1.54, 1.807) is 11.8 Å². The van der Waals surface area contributed by atoms with Gasteiger partial charge in [0.2, 0.25) is 11.9 Å². The topological polar surface area (TPSA) is 70.5 Å². The van der Waals surface area contributed by atoms with Crippen molar-refractivity contribution >= 4 is 28.9 Å². The summed E-state index contributed by atoms with van der Waals surface area (Å²) in [5, 5.41) is 2.85. The lowest BCUT2D eigenvalue weighted by Crippen LogP contribution is -2.51. The minimum atomic E-state index is -0.524. The molecule has 1 aromatic carbocycles. The number of piperidine rings is 1. The van der Waals surface area contributed by atoms with Crippen LogP contribution in [0.5, 0.6) is 0 Å². The number of imidazole rings is 1. The Morgan fingerprint density at radius 2 is 1.84 bits per heavy atom. The van der Waals surface area contributed by atoms with E-state index in [-0.39, 0.29) is 11.9 Å². The third-order valence-corrected chi connectivity index (χ3v) is 5.05. The van der Waals surface area contributed by atoms with E-state index in [9.17, 15) is 9.59 Å². The molecule has 2 aliphatic rings. The van der Waals surface area contributed by atoms with E-state index in [1.807, 2.05) is 33.7 Å². The molecule has 1 atom stereocenters. The summed E-state index contributed by atoms with van der Waals surface area (Å²) in [4.78, 5) is 33.2. The van der Waals surface area contributed by atoms with E-state index in [0.29, 0.717) is 12.5 Å². The van der Waals surface area contributed by atoms with Crippen molar-refractivity contribution < 1.29 is 9.59 Å². The molecule has 1 fully saturated rings. The number of nitrogens with zero attached hydrogens (tertiary/aromatic N) is 4. The number of carbonyl (C=O) groups excluding carboxylic acids is 2. The van der Waals surface area contributed by atoms with Crippen molar-refractivity contribution in [1.29, 1.82) is 0 Å². The van der Waals surface area contributed by atoms with Gasteiger partial charge in [0.15, 0.2) is 0 Å². The number of hydrogen-bond donors (Lipinski definition) is 1. The number of amides is 3. The van der Waals surface area contributed by atoms with Gasteiger partial charge in [-0.15, -0.1) is 0 Å². The summed E-state index contributed by atoms with van der Waals surface area (Å²) < 4.78 is 2.05. The Kier molecular flexibility index (Phi) is 4.07. The zero-order chi connectivity index (χ0) is 17.4. The Balaban J connectivity index is 1.46. The molecule has 1 aromatic heterocycles. The molecule has 3 amide bonds. The molecule has 0 saturated carbocycles. The van der Waals surface area contributed by atoms with Crippen molar-refractivity contribution in [2.45, 2.75) is 38.8 Å². The highest BCUT2D eigenvalue weighted by atomic mass is 16.2. The Morgan fingerprint density at radius 1 is 1.08 bits per heavy atom. The Morgan fingerprint density at radius 3 is 2.64 bits per heavy atom. The molecule has 4 rings (SSSR count). The van der Waals surface area contributed by atoms with Gasteiger partial charge in [-0.2, -0.15) is 0 Å². The highest BCUT2D eigenvalue weighted by Gasteiger charge is 2.31. The second-order valence-electron chi connectivity index (χ2n) is 6.76. The van der Waals surface area contributed by atoms with Crippen LogP contribution in [0, 0.1) is 0 Å². The maximum atomic E-state index is 12.7. The van der Waals surface area contributed by atoms with Gasteiger partial charge in [0.05, 0.1) is 11.0 Å². The molecule has 1 saturated heterocycles. The number of para-hydroxylation sites is 2. The molecule has 0 aliphatic carbocycles. The van der Waals surface area contributed by atoms with E-state index >= 15 is 0 Å². The van der Waals surface area contributed by atoms with E-state index < -0.39 is 6.04 Å². The molecule has 7 heteroatoms. The fourth-order valence-corrected chi connectivity index (χ4v) is 3.69. The molecule has 0 radical (unpaired) electrons. The summed E-state index contributed by atoms with van der Waals surface area (Å²) in [5.74, 6) is 0.650. The quantitative estimate of drug-likeness (QED) is 0.908. The van der Waals surface area contributed by atoms with E-state index in [4.69, 9.17) is 0 Å². The van der Waals surface area contributed by atoms with Crippen LogP contribution in [0.1, 0.15) is 26.2 Å². The molecule has 2 aliphatic heterocycles. The van der Waals surface area contributed by atoms with Gasteiger partial charge in [0.1, 0.15) is 6.04 Å². The number of urea groups is 1. The number of carbonyl (C=O) groups is 2. The second-order valence-corrected chi connectivity index (χ2v) is 6.76. The first-order valence-corrected chi connectivity index (χ1v) is 8.97. The van der Waals surface area contributed by atoms with Crippen LogP contribution in [0.3, 0.4) is 0 Å². The number of anilines is 1. The molecular weight excluding hydrogens is 318 g/mol. The van der Waals surface area contributed by atoms with Gasteiger partial charge in [-0.05, 0) is 38.3 Å². The van der Waals surface area contributed by atoms with Crippen LogP contribution in [0.2, 0.25) is 0 Å². The summed E-state index contributed by atoms with van der Waals surface area (Å²) in [5.41, 5.74) is 1.91. The van der Waals surface area contributed by atoms with Gasteiger partial charge >= 0.3 is 6.03 Å². The number of fused-ring (bicyclic) bond motifs is 3. The van der Waals surface area contributed by atoms with Crippen LogP contribution in [0.15, 0.2) is 24.3 Å². The Bertz CT molecular complexity index is 809. The minimum Gasteiger partial charge on any atom is -0.341 e. The third kappa shape index (κ3) is 2.83. The number of benzene rings is 1. The third-order valence-electron chi connectivity index (χ3n) is 5.05. The zero-order valence-corrected chi connectivity index (χ0v) is 14.4. The van der Waals surface area contributed by atoms with Crippen molar-refractivity contribution in [2.75, 3.05) is 24.5 Å². The van der Waals surface area contributed by atoms with Gasteiger partial charge < -0.3 is 14.8 Å². The summed E-state index contributed by atoms with van der Waals surface area (Å²) in [6.45, 7) is 4.63. The SMILES string of the molecule is C[C@H](NC(=O)N1CCn2c1nc1ccccc12)C(=O)N1CCCCC1. The first-order chi connectivity index (χ1) is 12.1. The van der Waals surface area contributed by atoms with Crippen LogP contribution in [0.4, 0.5) is 10.7 Å². The predicted molar refractivity (Wildman–Crippen MR) is 95.5 cm³/mol. The van der Waals surface area contributed by atoms with Crippen molar-refractivity contribution in [3.05, 3.63) is 24.3 Å². The molecule has 2 aromatic rings. The van der Waals surface area contributed by atoms with Crippen LogP contribution in [0.25, 0.3) is 11.0 Å². The first kappa shape index (κ1) is 15.9. The van der Waals surface area contributed by atoms with Crippen molar-refractivity contribution in [2.24, 2.45) is 0 Å². The van der Waals surface area contributed by atoms with E-state index in [0.717, 1.165) is 43.5 Å². The van der Waals surface area contributed by atoms with E-state index in [2.05, 4.69) is 10.3 Å². The minimum absolute atomic E-state index is 0.000694. The normalized spacial score (nSPS) is 18.3. The lowest BCUT2D eigenvalue weighted by Gasteiger charge is -2.30. The molecule has 0 spiro atoms. The molecule has 25 heavy (non-hydrogen) atoms. The molecule has 132 valence electrons. The number of aromatic nitrogens is 2. The second kappa shape index (κ2) is 6.38. The predicted octanol–water partition coefficient (Wildman–Crippen LogP) is 1.97. The number of hydrogen-bond acceptors (Lipinski definition) is 3. The zero-order valence-electron chi connectivity index (χ0n) is 14.4. The fourth-order valence-electron chi connectivity index (χ4n) is 3.69. The molecule has 0 unspecified atom stereocenters. The maximum Gasteiger partial charge on any atom is 0.324 e. The smallest absolute Gasteiger partial charge is 0.324 e. The van der Waals surface area contributed by atoms with Crippen LogP contribution >= 0.6 is 0 Å². The van der Waals surface area contributed by atoms with Crippen molar-refractivity contribution in [3.63, 3.8) is 0 Å². The van der Waals surface area contributed by atoms with Crippen LogP contribution in [-0.2, 0) is 11.3 Å². The fraction of sp³-hybridized carbons (Fsp3) is 0.500. The van der Waals surface area contributed by atoms with Gasteiger partial charge in [-0.25, -0.2) is 9.78 Å². The average molecular weight is 341 g/mol. The molecule has 0 bridgehead atoms. The first-order valence-electron chi connectivity index (χ1n) is 8.97. The Labute approximate surface area is 146 Å². The summed E-state index contributed by atoms with van der Waals surface area (Å²) in [6.07, 6.45) is 3.26. The molecule has 7 nitrogen and oxygen atoms in total. The van der Waals surface area contributed by atoms with Gasteiger partial charge in [0, 0.05) is 26.2 Å². The van der Waals surface area contributed by atoms with Crippen molar-refractivity contribution in [3.8, 4) is 0 Å². The summed E-state index contributed by atoms with van der Waals surface area (Å²) >= 11 is 0. The largest absolute Gasteiger partial charge is 0.341 e. The van der Waals surface area contributed by atoms with Gasteiger partial charge in [-0.3, -0.25) is 9.69 Å². The maximum absolute atomic E-state index is 12.7. The monoisotopic (exact) mass is 341 g/mol. The van der Waals surface area contributed by atoms with Gasteiger partial charge in [-0.1, -0.05) is 12.1 Å². The van der Waals surface area contributed by atoms with Crippen molar-refractivity contribution in [1.82, 2.24) is 19.8 Å². The summed E-state index contributed by atoms with van der Waals surface area (Å²) in [7, 11) is 0. The van der Waals surface area contributed by atoms with Gasteiger partial charge in [0.25, 0.3) is 0 Å². The molecule has 3 heterocycles. The number of rotatable bonds is 2. The lowest BCUT2D eigenvalue weighted by molar-refractivity contribution is -0.133. The highest BCUT2D eigenvalue weighted by Crippen LogP contribution is 2.27. The molecular formula is C18H23N5O2. The Hall–Kier alpha value is -2.57. The average Bonchev–Trinajstić information content (AvgIpc) is 3.20.